The molecule has 0 bridgehead atoms. The minimum atomic E-state index is 0.960. The van der Waals surface area contributed by atoms with Crippen molar-refractivity contribution in [1.82, 2.24) is 9.97 Å². The average molecular weight is 254 g/mol. The highest BCUT2D eigenvalue weighted by atomic mass is 32.1. The van der Waals surface area contributed by atoms with Gasteiger partial charge in [0.25, 0.3) is 0 Å². The predicted octanol–water partition coefficient (Wildman–Crippen LogP) is 4.23. The van der Waals surface area contributed by atoms with Gasteiger partial charge in [0.15, 0.2) is 0 Å². The normalized spacial score (nSPS) is 11.0. The fraction of sp³-hybridized carbons (Fsp3) is 0.200. The number of aryl methyl sites for hydroxylation is 2. The Labute approximate surface area is 110 Å². The maximum Gasteiger partial charge on any atom is 0.124 e. The lowest BCUT2D eigenvalue weighted by atomic mass is 10.1. The second-order valence-corrected chi connectivity index (χ2v) is 5.55. The predicted molar refractivity (Wildman–Crippen MR) is 77.0 cm³/mol. The SMILES string of the molecule is CCc1cc2cc(C)sc2nc1-c1ccccn1. The van der Waals surface area contributed by atoms with Gasteiger partial charge in [0.2, 0.25) is 0 Å². The summed E-state index contributed by atoms with van der Waals surface area (Å²) in [6.07, 6.45) is 2.80. The van der Waals surface area contributed by atoms with E-state index in [2.05, 4.69) is 31.0 Å². The molecule has 0 unspecified atom stereocenters. The van der Waals surface area contributed by atoms with E-state index in [4.69, 9.17) is 4.98 Å². The van der Waals surface area contributed by atoms with E-state index in [-0.39, 0.29) is 0 Å². The van der Waals surface area contributed by atoms with E-state index in [1.54, 1.807) is 11.3 Å². The lowest BCUT2D eigenvalue weighted by molar-refractivity contribution is 1.11. The summed E-state index contributed by atoms with van der Waals surface area (Å²) in [6.45, 7) is 4.28. The van der Waals surface area contributed by atoms with Crippen molar-refractivity contribution in [2.45, 2.75) is 20.3 Å². The lowest BCUT2D eigenvalue weighted by Crippen LogP contribution is -1.93. The zero-order valence-corrected chi connectivity index (χ0v) is 11.3. The molecule has 0 aromatic carbocycles. The molecular weight excluding hydrogens is 240 g/mol. The zero-order valence-electron chi connectivity index (χ0n) is 10.5. The molecule has 0 saturated heterocycles. The summed E-state index contributed by atoms with van der Waals surface area (Å²) in [7, 11) is 0. The molecule has 0 N–H and O–H groups in total. The van der Waals surface area contributed by atoms with Gasteiger partial charge in [-0.1, -0.05) is 13.0 Å². The second-order valence-electron chi connectivity index (χ2n) is 4.32. The van der Waals surface area contributed by atoms with Crippen LogP contribution < -0.4 is 0 Å². The highest BCUT2D eigenvalue weighted by molar-refractivity contribution is 7.18. The Balaban J connectivity index is 2.27. The van der Waals surface area contributed by atoms with E-state index < -0.39 is 0 Å². The number of rotatable bonds is 2. The molecule has 18 heavy (non-hydrogen) atoms. The summed E-state index contributed by atoms with van der Waals surface area (Å²) >= 11 is 1.74. The first-order valence-electron chi connectivity index (χ1n) is 6.09. The number of hydrogen-bond acceptors (Lipinski definition) is 3. The quantitative estimate of drug-likeness (QED) is 0.684. The smallest absolute Gasteiger partial charge is 0.124 e. The van der Waals surface area contributed by atoms with Gasteiger partial charge in [-0.15, -0.1) is 11.3 Å². The van der Waals surface area contributed by atoms with Crippen molar-refractivity contribution in [3.63, 3.8) is 0 Å². The molecule has 0 spiro atoms. The number of nitrogens with zero attached hydrogens (tertiary/aromatic N) is 2. The summed E-state index contributed by atoms with van der Waals surface area (Å²) in [4.78, 5) is 11.6. The standard InChI is InChI=1S/C15H14N2S/c1-3-11-9-12-8-10(2)18-15(12)17-14(11)13-6-4-5-7-16-13/h4-9H,3H2,1-2H3. The van der Waals surface area contributed by atoms with Gasteiger partial charge in [0.05, 0.1) is 11.4 Å². The van der Waals surface area contributed by atoms with Crippen LogP contribution in [0, 0.1) is 6.92 Å². The van der Waals surface area contributed by atoms with E-state index in [0.29, 0.717) is 0 Å². The molecule has 0 saturated carbocycles. The van der Waals surface area contributed by atoms with Gasteiger partial charge < -0.3 is 0 Å². The summed E-state index contributed by atoms with van der Waals surface area (Å²) in [5.74, 6) is 0. The molecule has 0 atom stereocenters. The first-order valence-corrected chi connectivity index (χ1v) is 6.91. The van der Waals surface area contributed by atoms with E-state index in [1.165, 1.54) is 15.8 Å². The van der Waals surface area contributed by atoms with Crippen LogP contribution in [-0.4, -0.2) is 9.97 Å². The van der Waals surface area contributed by atoms with Crippen molar-refractivity contribution in [1.29, 1.82) is 0 Å². The third kappa shape index (κ3) is 1.91. The fourth-order valence-corrected chi connectivity index (χ4v) is 3.00. The first kappa shape index (κ1) is 11.4. The molecule has 3 rings (SSSR count). The Kier molecular flexibility index (Phi) is 2.84. The molecule has 0 amide bonds. The summed E-state index contributed by atoms with van der Waals surface area (Å²) in [6, 6.07) is 10.4. The van der Waals surface area contributed by atoms with Gasteiger partial charge >= 0.3 is 0 Å². The van der Waals surface area contributed by atoms with Crippen LogP contribution in [0.1, 0.15) is 17.4 Å². The lowest BCUT2D eigenvalue weighted by Gasteiger charge is -2.06. The van der Waals surface area contributed by atoms with Gasteiger partial charge in [0, 0.05) is 16.5 Å². The molecule has 0 aliphatic heterocycles. The molecule has 3 aromatic rings. The van der Waals surface area contributed by atoms with Crippen molar-refractivity contribution in [3.8, 4) is 11.4 Å². The number of fused-ring (bicyclic) bond motifs is 1. The highest BCUT2D eigenvalue weighted by Gasteiger charge is 2.10. The molecule has 3 heterocycles. The van der Waals surface area contributed by atoms with Crippen molar-refractivity contribution >= 4 is 21.6 Å². The Hall–Kier alpha value is -1.74. The third-order valence-electron chi connectivity index (χ3n) is 3.00. The molecule has 0 fully saturated rings. The van der Waals surface area contributed by atoms with Gasteiger partial charge in [-0.2, -0.15) is 0 Å². The van der Waals surface area contributed by atoms with Crippen LogP contribution in [0.5, 0.6) is 0 Å². The molecule has 0 aliphatic rings. The van der Waals surface area contributed by atoms with Crippen molar-refractivity contribution in [2.75, 3.05) is 0 Å². The molecule has 90 valence electrons. The maximum absolute atomic E-state index is 4.79. The highest BCUT2D eigenvalue weighted by Crippen LogP contribution is 2.29. The molecular formula is C15H14N2S. The minimum absolute atomic E-state index is 0.960. The van der Waals surface area contributed by atoms with Gasteiger partial charge in [-0.05, 0) is 43.2 Å². The van der Waals surface area contributed by atoms with Crippen LogP contribution in [0.3, 0.4) is 0 Å². The molecule has 2 nitrogen and oxygen atoms in total. The molecule has 3 heteroatoms. The number of pyridine rings is 2. The van der Waals surface area contributed by atoms with Crippen LogP contribution in [0.15, 0.2) is 36.5 Å². The van der Waals surface area contributed by atoms with Crippen molar-refractivity contribution < 1.29 is 0 Å². The number of thiophene rings is 1. The fourth-order valence-electron chi connectivity index (χ4n) is 2.14. The van der Waals surface area contributed by atoms with E-state index in [9.17, 15) is 0 Å². The molecule has 3 aromatic heterocycles. The Bertz CT molecular complexity index is 686. The summed E-state index contributed by atoms with van der Waals surface area (Å²) < 4.78 is 0. The first-order chi connectivity index (χ1) is 8.78. The maximum atomic E-state index is 4.79. The number of aromatic nitrogens is 2. The zero-order chi connectivity index (χ0) is 12.5. The monoisotopic (exact) mass is 254 g/mol. The van der Waals surface area contributed by atoms with Crippen molar-refractivity contribution in [2.24, 2.45) is 0 Å². The van der Waals surface area contributed by atoms with Crippen LogP contribution >= 0.6 is 11.3 Å². The number of hydrogen-bond donors (Lipinski definition) is 0. The molecule has 0 radical (unpaired) electrons. The Morgan fingerprint density at radius 3 is 2.83 bits per heavy atom. The van der Waals surface area contributed by atoms with E-state index in [1.807, 2.05) is 24.4 Å². The largest absolute Gasteiger partial charge is 0.255 e. The Morgan fingerprint density at radius 1 is 1.22 bits per heavy atom. The summed E-state index contributed by atoms with van der Waals surface area (Å²) in [5.41, 5.74) is 3.24. The van der Waals surface area contributed by atoms with Crippen LogP contribution in [0.4, 0.5) is 0 Å². The van der Waals surface area contributed by atoms with Crippen LogP contribution in [-0.2, 0) is 6.42 Å². The second kappa shape index (κ2) is 4.50. The third-order valence-corrected chi connectivity index (χ3v) is 3.96. The van der Waals surface area contributed by atoms with Gasteiger partial charge in [-0.25, -0.2) is 4.98 Å². The topological polar surface area (TPSA) is 25.8 Å². The van der Waals surface area contributed by atoms with Crippen LogP contribution in [0.2, 0.25) is 0 Å². The molecule has 0 aliphatic carbocycles. The van der Waals surface area contributed by atoms with Gasteiger partial charge in [-0.3, -0.25) is 4.98 Å². The van der Waals surface area contributed by atoms with E-state index >= 15 is 0 Å². The van der Waals surface area contributed by atoms with Crippen molar-refractivity contribution in [3.05, 3.63) is 47.0 Å². The summed E-state index contributed by atoms with van der Waals surface area (Å²) in [5, 5.41) is 1.24. The van der Waals surface area contributed by atoms with Crippen LogP contribution in [0.25, 0.3) is 21.6 Å². The Morgan fingerprint density at radius 2 is 2.11 bits per heavy atom. The van der Waals surface area contributed by atoms with Gasteiger partial charge in [0.1, 0.15) is 4.83 Å². The average Bonchev–Trinajstić information content (AvgIpc) is 2.77. The van der Waals surface area contributed by atoms with E-state index in [0.717, 1.165) is 22.6 Å². The minimum Gasteiger partial charge on any atom is -0.255 e.